The quantitative estimate of drug-likeness (QED) is 0.358. The second kappa shape index (κ2) is 9.41. The molecule has 0 N–H and O–H groups in total. The standard InChI is InChI=1S/C26H20N4O4/c1-32-22-9-5-8-20(16-22)30-15-14-23(31)24(28-30)26-27-25(29-34-26)19-10-12-21(13-11-19)33-17-18-6-3-2-4-7-18/h2-16H,17H2,1H3. The van der Waals surface area contributed by atoms with Crippen LogP contribution in [0.3, 0.4) is 0 Å². The maximum atomic E-state index is 12.5. The van der Waals surface area contributed by atoms with Crippen LogP contribution >= 0.6 is 0 Å². The molecule has 168 valence electrons. The number of nitrogens with zero attached hydrogens (tertiary/aromatic N) is 4. The van der Waals surface area contributed by atoms with E-state index >= 15 is 0 Å². The molecule has 0 amide bonds. The fourth-order valence-electron chi connectivity index (χ4n) is 3.33. The number of hydrogen-bond donors (Lipinski definition) is 0. The summed E-state index contributed by atoms with van der Waals surface area (Å²) in [4.78, 5) is 16.8. The molecule has 0 aliphatic heterocycles. The van der Waals surface area contributed by atoms with Gasteiger partial charge < -0.3 is 14.0 Å². The van der Waals surface area contributed by atoms with E-state index in [1.807, 2.05) is 78.9 Å². The van der Waals surface area contributed by atoms with Gasteiger partial charge in [0.1, 0.15) is 18.1 Å². The molecule has 0 unspecified atom stereocenters. The van der Waals surface area contributed by atoms with Crippen molar-refractivity contribution in [2.24, 2.45) is 0 Å². The van der Waals surface area contributed by atoms with Crippen molar-refractivity contribution in [3.63, 3.8) is 0 Å². The molecule has 0 bridgehead atoms. The Hall–Kier alpha value is -4.72. The summed E-state index contributed by atoms with van der Waals surface area (Å²) < 4.78 is 18.0. The van der Waals surface area contributed by atoms with Crippen LogP contribution in [0.2, 0.25) is 0 Å². The summed E-state index contributed by atoms with van der Waals surface area (Å²) in [6.07, 6.45) is 1.58. The Morgan fingerprint density at radius 1 is 0.912 bits per heavy atom. The van der Waals surface area contributed by atoms with E-state index < -0.39 is 0 Å². The van der Waals surface area contributed by atoms with E-state index in [-0.39, 0.29) is 17.0 Å². The minimum Gasteiger partial charge on any atom is -0.497 e. The van der Waals surface area contributed by atoms with E-state index in [0.29, 0.717) is 18.2 Å². The van der Waals surface area contributed by atoms with Crippen LogP contribution in [-0.4, -0.2) is 27.0 Å². The van der Waals surface area contributed by atoms with Gasteiger partial charge in [0.15, 0.2) is 5.69 Å². The molecule has 3 aromatic carbocycles. The van der Waals surface area contributed by atoms with Gasteiger partial charge in [0.05, 0.1) is 12.8 Å². The van der Waals surface area contributed by atoms with Crippen LogP contribution < -0.4 is 14.9 Å². The normalized spacial score (nSPS) is 10.7. The largest absolute Gasteiger partial charge is 0.497 e. The summed E-state index contributed by atoms with van der Waals surface area (Å²) in [5.74, 6) is 1.79. The highest BCUT2D eigenvalue weighted by atomic mass is 16.5. The van der Waals surface area contributed by atoms with Gasteiger partial charge in [-0.1, -0.05) is 41.6 Å². The van der Waals surface area contributed by atoms with Crippen molar-refractivity contribution in [2.75, 3.05) is 7.11 Å². The summed E-state index contributed by atoms with van der Waals surface area (Å²) in [5, 5.41) is 8.42. The van der Waals surface area contributed by atoms with Crippen molar-refractivity contribution in [1.29, 1.82) is 0 Å². The third-order valence-electron chi connectivity index (χ3n) is 5.12. The fraction of sp³-hybridized carbons (Fsp3) is 0.0769. The zero-order chi connectivity index (χ0) is 23.3. The number of methoxy groups -OCH3 is 1. The SMILES string of the molecule is COc1cccc(-n2ccc(=O)c(-c3nc(-c4ccc(OCc5ccccc5)cc4)no3)n2)c1. The monoisotopic (exact) mass is 452 g/mol. The Bertz CT molecular complexity index is 1460. The number of aromatic nitrogens is 4. The van der Waals surface area contributed by atoms with E-state index in [1.165, 1.54) is 6.07 Å². The first-order valence-corrected chi connectivity index (χ1v) is 10.6. The first-order valence-electron chi connectivity index (χ1n) is 10.6. The zero-order valence-corrected chi connectivity index (χ0v) is 18.3. The van der Waals surface area contributed by atoms with E-state index in [2.05, 4.69) is 15.2 Å². The van der Waals surface area contributed by atoms with Gasteiger partial charge in [-0.25, -0.2) is 4.68 Å². The molecule has 0 saturated carbocycles. The molecule has 5 aromatic rings. The van der Waals surface area contributed by atoms with Gasteiger partial charge in [0.2, 0.25) is 11.3 Å². The molecule has 5 rings (SSSR count). The summed E-state index contributed by atoms with van der Waals surface area (Å²) in [6.45, 7) is 0.478. The summed E-state index contributed by atoms with van der Waals surface area (Å²) in [6, 6.07) is 26.0. The van der Waals surface area contributed by atoms with Crippen molar-refractivity contribution in [2.45, 2.75) is 6.61 Å². The van der Waals surface area contributed by atoms with Crippen molar-refractivity contribution in [3.8, 4) is 40.2 Å². The highest BCUT2D eigenvalue weighted by Gasteiger charge is 2.16. The van der Waals surface area contributed by atoms with Gasteiger partial charge in [0.25, 0.3) is 5.89 Å². The second-order valence-electron chi connectivity index (χ2n) is 7.40. The molecule has 0 radical (unpaired) electrons. The molecule has 8 nitrogen and oxygen atoms in total. The fourth-order valence-corrected chi connectivity index (χ4v) is 3.33. The maximum Gasteiger partial charge on any atom is 0.282 e. The molecule has 8 heteroatoms. The Kier molecular flexibility index (Phi) is 5.85. The third-order valence-corrected chi connectivity index (χ3v) is 5.12. The average molecular weight is 452 g/mol. The van der Waals surface area contributed by atoms with Crippen LogP contribution in [0, 0.1) is 0 Å². The molecule has 2 aromatic heterocycles. The first-order chi connectivity index (χ1) is 16.7. The van der Waals surface area contributed by atoms with Crippen LogP contribution in [0.4, 0.5) is 0 Å². The number of hydrogen-bond acceptors (Lipinski definition) is 7. The van der Waals surface area contributed by atoms with Crippen LogP contribution in [0.5, 0.6) is 11.5 Å². The lowest BCUT2D eigenvalue weighted by molar-refractivity contribution is 0.306. The van der Waals surface area contributed by atoms with E-state index in [1.54, 1.807) is 18.0 Å². The summed E-state index contributed by atoms with van der Waals surface area (Å²) >= 11 is 0. The lowest BCUT2D eigenvalue weighted by Crippen LogP contribution is -2.12. The molecule has 0 saturated heterocycles. The Morgan fingerprint density at radius 2 is 1.74 bits per heavy atom. The van der Waals surface area contributed by atoms with E-state index in [9.17, 15) is 4.79 Å². The highest BCUT2D eigenvalue weighted by Crippen LogP contribution is 2.23. The third kappa shape index (κ3) is 4.56. The first kappa shape index (κ1) is 21.1. The maximum absolute atomic E-state index is 12.5. The molecule has 0 atom stereocenters. The van der Waals surface area contributed by atoms with Crippen LogP contribution in [-0.2, 0) is 6.61 Å². The molecule has 0 aliphatic carbocycles. The van der Waals surface area contributed by atoms with Crippen LogP contribution in [0.1, 0.15) is 5.56 Å². The Balaban J connectivity index is 1.36. The van der Waals surface area contributed by atoms with E-state index in [0.717, 1.165) is 22.6 Å². The van der Waals surface area contributed by atoms with Crippen molar-refractivity contribution in [1.82, 2.24) is 19.9 Å². The minimum absolute atomic E-state index is 0.0432. The summed E-state index contributed by atoms with van der Waals surface area (Å²) in [7, 11) is 1.59. The van der Waals surface area contributed by atoms with E-state index in [4.69, 9.17) is 14.0 Å². The zero-order valence-electron chi connectivity index (χ0n) is 18.3. The highest BCUT2D eigenvalue weighted by molar-refractivity contribution is 5.58. The van der Waals surface area contributed by atoms with Gasteiger partial charge in [-0.15, -0.1) is 0 Å². The Morgan fingerprint density at radius 3 is 2.53 bits per heavy atom. The second-order valence-corrected chi connectivity index (χ2v) is 7.40. The Labute approximate surface area is 195 Å². The number of benzene rings is 3. The predicted molar refractivity (Wildman–Crippen MR) is 126 cm³/mol. The van der Waals surface area contributed by atoms with Crippen LogP contribution in [0.25, 0.3) is 28.7 Å². The van der Waals surface area contributed by atoms with Crippen molar-refractivity contribution >= 4 is 0 Å². The average Bonchev–Trinajstić information content (AvgIpc) is 3.39. The van der Waals surface area contributed by atoms with Crippen molar-refractivity contribution in [3.05, 3.63) is 107 Å². The lowest BCUT2D eigenvalue weighted by atomic mass is 10.2. The van der Waals surface area contributed by atoms with Crippen LogP contribution in [0.15, 0.2) is 100 Å². The number of ether oxygens (including phenoxy) is 2. The van der Waals surface area contributed by atoms with Gasteiger partial charge in [-0.3, -0.25) is 4.79 Å². The topological polar surface area (TPSA) is 92.3 Å². The molecule has 0 fully saturated rings. The molecule has 2 heterocycles. The molecule has 34 heavy (non-hydrogen) atoms. The molecular weight excluding hydrogens is 432 g/mol. The number of rotatable bonds is 7. The minimum atomic E-state index is -0.320. The predicted octanol–water partition coefficient (Wildman–Crippen LogP) is 4.54. The van der Waals surface area contributed by atoms with Gasteiger partial charge in [-0.2, -0.15) is 10.1 Å². The van der Waals surface area contributed by atoms with Gasteiger partial charge in [0, 0.05) is 23.9 Å². The molecule has 0 spiro atoms. The van der Waals surface area contributed by atoms with Crippen molar-refractivity contribution < 1.29 is 14.0 Å². The summed E-state index contributed by atoms with van der Waals surface area (Å²) in [5.41, 5.74) is 2.28. The van der Waals surface area contributed by atoms with Gasteiger partial charge in [-0.05, 0) is 42.0 Å². The lowest BCUT2D eigenvalue weighted by Gasteiger charge is -2.07. The smallest absolute Gasteiger partial charge is 0.282 e. The molecular formula is C26H20N4O4. The molecule has 0 aliphatic rings. The van der Waals surface area contributed by atoms with Gasteiger partial charge >= 0.3 is 0 Å².